The van der Waals surface area contributed by atoms with E-state index < -0.39 is 56.6 Å². The molecule has 3 rings (SSSR count). The van der Waals surface area contributed by atoms with Gasteiger partial charge in [0.1, 0.15) is 11.3 Å². The van der Waals surface area contributed by atoms with Crippen molar-refractivity contribution in [2.75, 3.05) is 0 Å². The van der Waals surface area contributed by atoms with E-state index in [4.69, 9.17) is 0 Å². The molecule has 0 aliphatic heterocycles. The lowest BCUT2D eigenvalue weighted by Crippen LogP contribution is -2.53. The zero-order valence-electron chi connectivity index (χ0n) is 16.9. The Balaban J connectivity index is 2.24. The molecule has 27 heavy (non-hydrogen) atoms. The summed E-state index contributed by atoms with van der Waals surface area (Å²) in [6.45, 7) is 10.7. The van der Waals surface area contributed by atoms with Crippen molar-refractivity contribution in [3.63, 3.8) is 0 Å². The van der Waals surface area contributed by atoms with Gasteiger partial charge in [-0.05, 0) is 43.4 Å². The number of hydrogen-bond acceptors (Lipinski definition) is 6. The predicted molar refractivity (Wildman–Crippen MR) is 97.8 cm³/mol. The minimum atomic E-state index is -2.42. The highest BCUT2D eigenvalue weighted by molar-refractivity contribution is 6.33. The summed E-state index contributed by atoms with van der Waals surface area (Å²) < 4.78 is 0. The summed E-state index contributed by atoms with van der Waals surface area (Å²) in [6, 6.07) is 0. The Hall–Kier alpha value is -1.53. The average molecular weight is 378 g/mol. The molecule has 0 aromatic carbocycles. The summed E-state index contributed by atoms with van der Waals surface area (Å²) >= 11 is 0. The molecule has 3 aliphatic rings. The zero-order valence-corrected chi connectivity index (χ0v) is 16.9. The quantitative estimate of drug-likeness (QED) is 0.510. The third-order valence-electron chi connectivity index (χ3n) is 7.30. The third kappa shape index (κ3) is 2.23. The number of Topliss-reactive ketones (excluding diaryl/α,β-unsaturated/α-hetero) is 3. The van der Waals surface area contributed by atoms with Crippen molar-refractivity contribution in [1.29, 1.82) is 0 Å². The van der Waals surface area contributed by atoms with E-state index in [2.05, 4.69) is 0 Å². The Kier molecular flexibility index (Phi) is 4.12. The lowest BCUT2D eigenvalue weighted by atomic mass is 9.67. The van der Waals surface area contributed by atoms with Crippen LogP contribution in [-0.2, 0) is 14.4 Å². The van der Waals surface area contributed by atoms with Crippen molar-refractivity contribution >= 4 is 17.3 Å². The van der Waals surface area contributed by atoms with Gasteiger partial charge < -0.3 is 15.3 Å². The van der Waals surface area contributed by atoms with Gasteiger partial charge in [-0.2, -0.15) is 0 Å². The van der Waals surface area contributed by atoms with Gasteiger partial charge in [0.15, 0.2) is 17.2 Å². The van der Waals surface area contributed by atoms with Gasteiger partial charge in [0.25, 0.3) is 0 Å². The van der Waals surface area contributed by atoms with Gasteiger partial charge in [0, 0.05) is 12.8 Å². The fourth-order valence-corrected chi connectivity index (χ4v) is 6.19. The lowest BCUT2D eigenvalue weighted by molar-refractivity contribution is -0.154. The first-order chi connectivity index (χ1) is 12.1. The Labute approximate surface area is 159 Å². The summed E-state index contributed by atoms with van der Waals surface area (Å²) in [5, 5.41) is 33.2. The van der Waals surface area contributed by atoms with Crippen LogP contribution in [0.2, 0.25) is 0 Å². The molecule has 0 radical (unpaired) electrons. The van der Waals surface area contributed by atoms with E-state index in [1.807, 2.05) is 27.7 Å². The van der Waals surface area contributed by atoms with Gasteiger partial charge in [-0.15, -0.1) is 0 Å². The molecule has 6 nitrogen and oxygen atoms in total. The van der Waals surface area contributed by atoms with Crippen molar-refractivity contribution in [2.24, 2.45) is 28.6 Å². The average Bonchev–Trinajstić information content (AvgIpc) is 2.94. The number of ketones is 3. The molecular weight excluding hydrogens is 348 g/mol. The van der Waals surface area contributed by atoms with Gasteiger partial charge in [0.05, 0.1) is 11.0 Å². The van der Waals surface area contributed by atoms with Gasteiger partial charge in [-0.3, -0.25) is 14.4 Å². The number of rotatable bonds is 4. The van der Waals surface area contributed by atoms with Crippen LogP contribution in [-0.4, -0.2) is 43.9 Å². The number of aliphatic hydroxyl groups excluding tert-OH is 1. The number of aliphatic hydroxyl groups is 3. The Morgan fingerprint density at radius 2 is 1.81 bits per heavy atom. The second kappa shape index (κ2) is 5.51. The molecule has 0 aromatic rings. The maximum atomic E-state index is 13.1. The summed E-state index contributed by atoms with van der Waals surface area (Å²) in [5.74, 6) is -3.54. The maximum Gasteiger partial charge on any atom is 0.210 e. The standard InChI is InChI=1S/C21H30O6/c1-10(2)7-11(22)15-16(24)20-9-13(19(5,6)26)18(3,4)12(20)8-14(23)21(20,27)17(15)25/h10,12-13,24,26-27H,7-9H2,1-6H3/t12-,13-,20+,21+/m0/s1. The molecule has 150 valence electrons. The van der Waals surface area contributed by atoms with E-state index in [-0.39, 0.29) is 31.1 Å². The van der Waals surface area contributed by atoms with Crippen LogP contribution in [0.5, 0.6) is 0 Å². The van der Waals surface area contributed by atoms with E-state index in [1.54, 1.807) is 13.8 Å². The first-order valence-electron chi connectivity index (χ1n) is 9.63. The number of hydrogen-bond donors (Lipinski definition) is 3. The van der Waals surface area contributed by atoms with Crippen LogP contribution in [0.1, 0.15) is 60.8 Å². The molecular formula is C21H30O6. The molecule has 0 unspecified atom stereocenters. The van der Waals surface area contributed by atoms with Gasteiger partial charge in [-0.1, -0.05) is 27.7 Å². The molecule has 1 spiro atoms. The monoisotopic (exact) mass is 378 g/mol. The predicted octanol–water partition coefficient (Wildman–Crippen LogP) is 2.12. The first-order valence-corrected chi connectivity index (χ1v) is 9.63. The SMILES string of the molecule is CC(C)CC(=O)C1=C(O)[C@@]23C[C@H](C(C)(C)O)C(C)(C)[C@@H]2CC(=O)[C@@]3(O)C1=O. The van der Waals surface area contributed by atoms with Crippen molar-refractivity contribution in [3.8, 4) is 0 Å². The van der Waals surface area contributed by atoms with E-state index >= 15 is 0 Å². The van der Waals surface area contributed by atoms with Gasteiger partial charge in [0.2, 0.25) is 5.78 Å². The Bertz CT molecular complexity index is 768. The molecule has 3 aliphatic carbocycles. The lowest BCUT2D eigenvalue weighted by Gasteiger charge is -2.39. The Morgan fingerprint density at radius 3 is 2.30 bits per heavy atom. The van der Waals surface area contributed by atoms with Crippen LogP contribution in [0.3, 0.4) is 0 Å². The van der Waals surface area contributed by atoms with Gasteiger partial charge >= 0.3 is 0 Å². The normalized spacial score (nSPS) is 38.0. The number of carbonyl (C=O) groups is 3. The molecule has 0 aromatic heterocycles. The summed E-state index contributed by atoms with van der Waals surface area (Å²) in [7, 11) is 0. The fourth-order valence-electron chi connectivity index (χ4n) is 6.19. The summed E-state index contributed by atoms with van der Waals surface area (Å²) in [6.07, 6.45) is 0.0679. The number of carbonyl (C=O) groups excluding carboxylic acids is 3. The molecule has 0 amide bonds. The van der Waals surface area contributed by atoms with Crippen LogP contribution in [0, 0.1) is 28.6 Å². The summed E-state index contributed by atoms with van der Waals surface area (Å²) in [4.78, 5) is 38.6. The Morgan fingerprint density at radius 1 is 1.26 bits per heavy atom. The van der Waals surface area contributed by atoms with Crippen LogP contribution < -0.4 is 0 Å². The van der Waals surface area contributed by atoms with Gasteiger partial charge in [-0.25, -0.2) is 0 Å². The second-order valence-electron chi connectivity index (χ2n) is 10.2. The van der Waals surface area contributed by atoms with Crippen LogP contribution in [0.25, 0.3) is 0 Å². The maximum absolute atomic E-state index is 13.1. The first kappa shape index (κ1) is 20.2. The van der Waals surface area contributed by atoms with Crippen LogP contribution in [0.4, 0.5) is 0 Å². The highest BCUT2D eigenvalue weighted by Crippen LogP contribution is 2.73. The highest BCUT2D eigenvalue weighted by atomic mass is 16.3. The minimum Gasteiger partial charge on any atom is -0.511 e. The second-order valence-corrected chi connectivity index (χ2v) is 10.2. The molecule has 3 N–H and O–H groups in total. The molecule has 2 saturated carbocycles. The fraction of sp³-hybridized carbons (Fsp3) is 0.762. The zero-order chi connectivity index (χ0) is 20.7. The van der Waals surface area contributed by atoms with E-state index in [0.717, 1.165) is 0 Å². The van der Waals surface area contributed by atoms with E-state index in [1.165, 1.54) is 0 Å². The molecule has 2 fully saturated rings. The van der Waals surface area contributed by atoms with Crippen molar-refractivity contribution in [3.05, 3.63) is 11.3 Å². The molecule has 0 saturated heterocycles. The van der Waals surface area contributed by atoms with E-state index in [9.17, 15) is 29.7 Å². The van der Waals surface area contributed by atoms with E-state index in [0.29, 0.717) is 0 Å². The topological polar surface area (TPSA) is 112 Å². The summed E-state index contributed by atoms with van der Waals surface area (Å²) in [5.41, 5.74) is -6.13. The van der Waals surface area contributed by atoms with Crippen LogP contribution in [0.15, 0.2) is 11.3 Å². The van der Waals surface area contributed by atoms with Crippen molar-refractivity contribution < 1.29 is 29.7 Å². The molecule has 6 heteroatoms. The van der Waals surface area contributed by atoms with Crippen molar-refractivity contribution in [2.45, 2.75) is 72.0 Å². The smallest absolute Gasteiger partial charge is 0.210 e. The molecule has 0 heterocycles. The van der Waals surface area contributed by atoms with Crippen molar-refractivity contribution in [1.82, 2.24) is 0 Å². The highest BCUT2D eigenvalue weighted by Gasteiger charge is 2.81. The minimum absolute atomic E-state index is 0.0335. The largest absolute Gasteiger partial charge is 0.511 e. The van der Waals surface area contributed by atoms with Crippen LogP contribution >= 0.6 is 0 Å². The molecule has 0 bridgehead atoms. The molecule has 4 atom stereocenters. The third-order valence-corrected chi connectivity index (χ3v) is 7.30.